The average molecular weight is 502 g/mol. The van der Waals surface area contributed by atoms with Crippen molar-refractivity contribution in [3.8, 4) is 23.0 Å². The van der Waals surface area contributed by atoms with Gasteiger partial charge < -0.3 is 45.4 Å². The van der Waals surface area contributed by atoms with Gasteiger partial charge in [0, 0.05) is 51.8 Å². The van der Waals surface area contributed by atoms with Crippen LogP contribution in [0.1, 0.15) is 12.8 Å². The molecule has 0 saturated carbocycles. The fourth-order valence-electron chi connectivity index (χ4n) is 2.14. The number of ether oxygens (including phenoxy) is 6. The molecule has 0 aliphatic carbocycles. The molecule has 9 heteroatoms. The van der Waals surface area contributed by atoms with Crippen molar-refractivity contribution < 1.29 is 64.3 Å². The van der Waals surface area contributed by atoms with E-state index >= 15 is 0 Å². The monoisotopic (exact) mass is 500 g/mol. The summed E-state index contributed by atoms with van der Waals surface area (Å²) in [4.78, 5) is 0. The number of benzene rings is 2. The molecule has 0 fully saturated rings. The van der Waals surface area contributed by atoms with Gasteiger partial charge in [0.25, 0.3) is 0 Å². The van der Waals surface area contributed by atoms with Gasteiger partial charge >= 0.3 is 41.9 Å². The van der Waals surface area contributed by atoms with Crippen LogP contribution in [0.3, 0.4) is 0 Å². The normalized spacial score (nSPS) is 8.90. The second-order valence-electron chi connectivity index (χ2n) is 5.54. The van der Waals surface area contributed by atoms with E-state index in [2.05, 4.69) is 12.1 Å². The smallest absolute Gasteiger partial charge is 1.00 e. The summed E-state index contributed by atoms with van der Waals surface area (Å²) in [6.45, 7) is 2.67. The van der Waals surface area contributed by atoms with Crippen LogP contribution in [-0.2, 0) is 9.47 Å². The van der Waals surface area contributed by atoms with E-state index in [0.29, 0.717) is 26.4 Å². The molecule has 0 aliphatic rings. The van der Waals surface area contributed by atoms with Gasteiger partial charge in [0.15, 0.2) is 0 Å². The van der Waals surface area contributed by atoms with Crippen LogP contribution >= 0.6 is 0 Å². The number of rotatable bonds is 12. The molecule has 2 aromatic carbocycles. The molecule has 164 valence electrons. The SMILES string of the molecule is COCCCOc1c[c-]ccc1OC.COCCCOc1c[c-]ccc1OC.[Br-].[Li+].[Mg+2]. The predicted octanol–water partition coefficient (Wildman–Crippen LogP) is -2.55. The van der Waals surface area contributed by atoms with Gasteiger partial charge in [-0.05, 0) is 0 Å². The largest absolute Gasteiger partial charge is 2.00 e. The van der Waals surface area contributed by atoms with Crippen molar-refractivity contribution in [2.75, 3.05) is 54.9 Å². The molecule has 2 rings (SSSR count). The molecule has 0 aliphatic heterocycles. The Labute approximate surface area is 225 Å². The van der Waals surface area contributed by atoms with E-state index in [1.165, 1.54) is 0 Å². The minimum atomic E-state index is 0. The number of halogens is 1. The van der Waals surface area contributed by atoms with E-state index in [4.69, 9.17) is 28.4 Å². The number of hydrogen-bond donors (Lipinski definition) is 0. The van der Waals surface area contributed by atoms with Crippen molar-refractivity contribution >= 4 is 23.1 Å². The van der Waals surface area contributed by atoms with Crippen molar-refractivity contribution in [2.24, 2.45) is 0 Å². The van der Waals surface area contributed by atoms with Crippen LogP contribution < -0.4 is 54.8 Å². The fourth-order valence-corrected chi connectivity index (χ4v) is 2.14. The Kier molecular flexibility index (Phi) is 27.2. The Balaban J connectivity index is -0.000000461. The third-order valence-electron chi connectivity index (χ3n) is 3.52. The van der Waals surface area contributed by atoms with Crippen molar-refractivity contribution in [1.82, 2.24) is 0 Å². The average Bonchev–Trinajstić information content (AvgIpc) is 2.75. The summed E-state index contributed by atoms with van der Waals surface area (Å²) in [5.74, 6) is 2.93. The molecule has 0 atom stereocenters. The molecule has 0 radical (unpaired) electrons. The van der Waals surface area contributed by atoms with Crippen molar-refractivity contribution in [3.05, 3.63) is 48.5 Å². The molecule has 0 aromatic heterocycles. The molecule has 0 amide bonds. The van der Waals surface area contributed by atoms with Crippen LogP contribution in [0.2, 0.25) is 0 Å². The van der Waals surface area contributed by atoms with Crippen LogP contribution in [0.5, 0.6) is 23.0 Å². The second kappa shape index (κ2) is 24.1. The van der Waals surface area contributed by atoms with Gasteiger partial charge in [0.2, 0.25) is 0 Å². The zero-order valence-corrected chi connectivity index (χ0v) is 22.2. The van der Waals surface area contributed by atoms with Gasteiger partial charge in [0.05, 0.1) is 38.9 Å². The quantitative estimate of drug-likeness (QED) is 0.181. The molecule has 0 N–H and O–H groups in total. The summed E-state index contributed by atoms with van der Waals surface area (Å²) in [5, 5.41) is 0. The Hall–Kier alpha value is -0.596. The molecular formula is C22H30BrLiMgO6. The Morgan fingerprint density at radius 3 is 1.35 bits per heavy atom. The Bertz CT molecular complexity index is 595. The van der Waals surface area contributed by atoms with Crippen LogP contribution in [0.25, 0.3) is 0 Å². The first-order valence-corrected chi connectivity index (χ1v) is 9.08. The zero-order valence-electron chi connectivity index (χ0n) is 19.2. The molecule has 31 heavy (non-hydrogen) atoms. The Morgan fingerprint density at radius 1 is 0.645 bits per heavy atom. The second-order valence-corrected chi connectivity index (χ2v) is 5.54. The molecule has 0 heterocycles. The standard InChI is InChI=1S/2C11H15O3.BrH.Li.Mg/c2*1-12-8-5-9-14-11-7-4-3-6-10(11)13-2;;;/h2*3,6-7H,5,8-9H2,1-2H3;1H;;/q2*-1;;+1;+2/p-1. The van der Waals surface area contributed by atoms with Crippen molar-refractivity contribution in [1.29, 1.82) is 0 Å². The summed E-state index contributed by atoms with van der Waals surface area (Å²) in [7, 11) is 6.60. The minimum Gasteiger partial charge on any atom is -1.00 e. The van der Waals surface area contributed by atoms with Gasteiger partial charge in [-0.15, -0.1) is 24.3 Å². The number of methoxy groups -OCH3 is 4. The first kappa shape index (κ1) is 35.0. The third-order valence-corrected chi connectivity index (χ3v) is 3.52. The van der Waals surface area contributed by atoms with Gasteiger partial charge in [-0.2, -0.15) is 24.3 Å². The molecule has 2 aromatic rings. The molecular weight excluding hydrogens is 471 g/mol. The summed E-state index contributed by atoms with van der Waals surface area (Å²) >= 11 is 0. The van der Waals surface area contributed by atoms with Crippen molar-refractivity contribution in [3.63, 3.8) is 0 Å². The first-order chi connectivity index (χ1) is 13.8. The van der Waals surface area contributed by atoms with E-state index in [1.807, 2.05) is 12.1 Å². The van der Waals surface area contributed by atoms with Gasteiger partial charge in [-0.3, -0.25) is 0 Å². The van der Waals surface area contributed by atoms with Crippen LogP contribution in [-0.4, -0.2) is 77.9 Å². The third kappa shape index (κ3) is 15.8. The van der Waals surface area contributed by atoms with E-state index in [-0.39, 0.29) is 58.9 Å². The molecule has 0 spiro atoms. The first-order valence-electron chi connectivity index (χ1n) is 9.08. The maximum Gasteiger partial charge on any atom is 2.00 e. The molecule has 6 nitrogen and oxygen atoms in total. The van der Waals surface area contributed by atoms with Gasteiger partial charge in [-0.25, -0.2) is 0 Å². The van der Waals surface area contributed by atoms with Crippen LogP contribution in [0.15, 0.2) is 36.4 Å². The zero-order chi connectivity index (χ0) is 20.5. The topological polar surface area (TPSA) is 55.4 Å². The summed E-state index contributed by atoms with van der Waals surface area (Å²) in [6, 6.07) is 16.7. The molecule has 0 saturated heterocycles. The maximum absolute atomic E-state index is 5.49. The van der Waals surface area contributed by atoms with Gasteiger partial charge in [0.1, 0.15) is 0 Å². The van der Waals surface area contributed by atoms with E-state index in [0.717, 1.165) is 35.8 Å². The van der Waals surface area contributed by atoms with E-state index in [1.54, 1.807) is 52.7 Å². The van der Waals surface area contributed by atoms with E-state index < -0.39 is 0 Å². The predicted molar refractivity (Wildman–Crippen MR) is 113 cm³/mol. The molecule has 0 unspecified atom stereocenters. The van der Waals surface area contributed by atoms with Crippen LogP contribution in [0.4, 0.5) is 0 Å². The summed E-state index contributed by atoms with van der Waals surface area (Å²) in [5.41, 5.74) is 0. The maximum atomic E-state index is 5.49. The summed E-state index contributed by atoms with van der Waals surface area (Å²) in [6.07, 6.45) is 1.74. The summed E-state index contributed by atoms with van der Waals surface area (Å²) < 4.78 is 31.1. The van der Waals surface area contributed by atoms with E-state index in [9.17, 15) is 0 Å². The number of hydrogen-bond acceptors (Lipinski definition) is 6. The van der Waals surface area contributed by atoms with Crippen molar-refractivity contribution in [2.45, 2.75) is 12.8 Å². The fraction of sp³-hybridized carbons (Fsp3) is 0.455. The molecule has 0 bridgehead atoms. The minimum absolute atomic E-state index is 0. The van der Waals surface area contributed by atoms with Crippen LogP contribution in [0, 0.1) is 12.1 Å². The Morgan fingerprint density at radius 2 is 1.03 bits per heavy atom. The van der Waals surface area contributed by atoms with Gasteiger partial charge in [-0.1, -0.05) is 0 Å².